The van der Waals surface area contributed by atoms with Crippen LogP contribution in [0.15, 0.2) is 23.3 Å². The third kappa shape index (κ3) is 3.61. The third-order valence-electron chi connectivity index (χ3n) is 1.70. The second-order valence-electron chi connectivity index (χ2n) is 2.82. The minimum atomic E-state index is -4.48. The third-order valence-corrected chi connectivity index (χ3v) is 2.27. The summed E-state index contributed by atoms with van der Waals surface area (Å²) >= 11 is 11.2. The average Bonchev–Trinajstić information content (AvgIpc) is 2.24. The van der Waals surface area contributed by atoms with E-state index in [4.69, 9.17) is 23.4 Å². The lowest BCUT2D eigenvalue weighted by Gasteiger charge is -2.13. The zero-order valence-corrected chi connectivity index (χ0v) is 9.59. The molecule has 0 bridgehead atoms. The molecule has 1 rings (SSSR count). The van der Waals surface area contributed by atoms with E-state index < -0.39 is 11.7 Å². The number of benzene rings is 1. The van der Waals surface area contributed by atoms with E-state index in [1.165, 1.54) is 0 Å². The number of hydrazone groups is 1. The van der Waals surface area contributed by atoms with Crippen molar-refractivity contribution >= 4 is 41.6 Å². The molecule has 0 spiro atoms. The summed E-state index contributed by atoms with van der Waals surface area (Å²) < 4.78 is 37.6. The molecule has 1 aromatic rings. The van der Waals surface area contributed by atoms with Gasteiger partial charge in [-0.3, -0.25) is 4.79 Å². The Bertz CT molecular complexity index is 448. The van der Waals surface area contributed by atoms with E-state index in [1.54, 1.807) is 0 Å². The molecule has 0 atom stereocenters. The Kier molecular flexibility index (Phi) is 4.36. The van der Waals surface area contributed by atoms with Gasteiger partial charge in [-0.25, -0.2) is 0 Å². The van der Waals surface area contributed by atoms with Crippen molar-refractivity contribution in [3.63, 3.8) is 0 Å². The van der Waals surface area contributed by atoms with Crippen LogP contribution >= 0.6 is 23.4 Å². The van der Waals surface area contributed by atoms with Crippen molar-refractivity contribution in [2.24, 2.45) is 5.10 Å². The van der Waals surface area contributed by atoms with Crippen LogP contribution in [0.3, 0.4) is 0 Å². The second-order valence-corrected chi connectivity index (χ2v) is 3.55. The first-order valence-corrected chi connectivity index (χ1v) is 4.88. The number of hydrogen-bond donors (Lipinski definition) is 0. The molecule has 17 heavy (non-hydrogen) atoms. The minimum absolute atomic E-state index is 0.0411. The van der Waals surface area contributed by atoms with Crippen LogP contribution in [0, 0.1) is 0 Å². The predicted molar refractivity (Wildman–Crippen MR) is 59.3 cm³/mol. The first kappa shape index (κ1) is 13.8. The molecule has 0 saturated carbocycles. The van der Waals surface area contributed by atoms with Gasteiger partial charge in [-0.2, -0.15) is 22.8 Å². The van der Waals surface area contributed by atoms with Gasteiger partial charge in [0.05, 0.1) is 22.5 Å². The fraction of sp³-hybridized carbons (Fsp3) is 0.111. The van der Waals surface area contributed by atoms with Gasteiger partial charge >= 0.3 is 6.18 Å². The number of rotatable bonds is 3. The lowest BCUT2D eigenvalue weighted by molar-refractivity contribution is -0.137. The zero-order chi connectivity index (χ0) is 13.1. The molecule has 0 aliphatic heterocycles. The molecule has 1 aromatic carbocycles. The van der Waals surface area contributed by atoms with Crippen LogP contribution in [0.25, 0.3) is 0 Å². The van der Waals surface area contributed by atoms with Crippen molar-refractivity contribution in [3.05, 3.63) is 28.8 Å². The van der Waals surface area contributed by atoms with Gasteiger partial charge in [0.15, 0.2) is 6.29 Å². The first-order valence-electron chi connectivity index (χ1n) is 4.16. The Morgan fingerprint density at radius 3 is 2.47 bits per heavy atom. The highest BCUT2D eigenvalue weighted by atomic mass is 35.5. The Morgan fingerprint density at radius 2 is 2.00 bits per heavy atom. The summed E-state index contributed by atoms with van der Waals surface area (Å²) in [5, 5.41) is 3.18. The molecule has 0 saturated heterocycles. The Hall–Kier alpha value is -1.27. The summed E-state index contributed by atoms with van der Waals surface area (Å²) in [5.41, 5.74) is -0.852. The van der Waals surface area contributed by atoms with Crippen molar-refractivity contribution in [3.8, 4) is 0 Å². The van der Waals surface area contributed by atoms with Gasteiger partial charge in [0, 0.05) is 11.8 Å². The van der Waals surface area contributed by atoms with Crippen LogP contribution in [0.4, 0.5) is 18.9 Å². The van der Waals surface area contributed by atoms with Gasteiger partial charge in [0.1, 0.15) is 0 Å². The molecule has 0 amide bonds. The molecule has 92 valence electrons. The van der Waals surface area contributed by atoms with Crippen molar-refractivity contribution in [2.45, 2.75) is 6.18 Å². The first-order chi connectivity index (χ1) is 7.86. The van der Waals surface area contributed by atoms with Gasteiger partial charge in [-0.05, 0) is 18.2 Å². The molecule has 0 unspecified atom stereocenters. The zero-order valence-electron chi connectivity index (χ0n) is 8.08. The monoisotopic (exact) mass is 284 g/mol. The van der Waals surface area contributed by atoms with E-state index >= 15 is 0 Å². The summed E-state index contributed by atoms with van der Waals surface area (Å²) in [5.74, 6) is 0. The molecule has 0 aromatic heterocycles. The molecule has 3 nitrogen and oxygen atoms in total. The maximum atomic E-state index is 12.3. The summed E-state index contributed by atoms with van der Waals surface area (Å²) in [6.07, 6.45) is -3.28. The Balaban J connectivity index is 3.05. The number of carbonyl (C=O) groups excluding carboxylic acids is 1. The highest BCUT2D eigenvalue weighted by Crippen LogP contribution is 2.35. The Morgan fingerprint density at radius 1 is 1.35 bits per heavy atom. The van der Waals surface area contributed by atoms with Crippen molar-refractivity contribution in [1.29, 1.82) is 0 Å². The van der Waals surface area contributed by atoms with Crippen LogP contribution in [0.2, 0.25) is 5.02 Å². The van der Waals surface area contributed by atoms with E-state index in [0.29, 0.717) is 10.8 Å². The summed E-state index contributed by atoms with van der Waals surface area (Å²) in [6.45, 7) is 0. The van der Waals surface area contributed by atoms with E-state index in [-0.39, 0.29) is 10.7 Å². The molecule has 8 heteroatoms. The van der Waals surface area contributed by atoms with E-state index in [2.05, 4.69) is 5.10 Å². The van der Waals surface area contributed by atoms with Crippen LogP contribution < -0.4 is 4.53 Å². The predicted octanol–water partition coefficient (Wildman–Crippen LogP) is 3.50. The molecule has 0 N–H and O–H groups in total. The van der Waals surface area contributed by atoms with Crippen molar-refractivity contribution < 1.29 is 18.0 Å². The second kappa shape index (κ2) is 5.37. The summed E-state index contributed by atoms with van der Waals surface area (Å²) in [7, 11) is 0. The smallest absolute Gasteiger partial charge is 0.297 e. The molecule has 0 aliphatic carbocycles. The van der Waals surface area contributed by atoms with E-state index in [1.807, 2.05) is 0 Å². The fourth-order valence-corrected chi connectivity index (χ4v) is 1.48. The normalized spacial score (nSPS) is 11.8. The van der Waals surface area contributed by atoms with E-state index in [9.17, 15) is 18.0 Å². The van der Waals surface area contributed by atoms with Gasteiger partial charge < -0.3 is 0 Å². The summed E-state index contributed by atoms with van der Waals surface area (Å²) in [4.78, 5) is 9.99. The van der Waals surface area contributed by atoms with Crippen LogP contribution in [0.1, 0.15) is 5.56 Å². The molecular weight excluding hydrogens is 280 g/mol. The number of alkyl halides is 3. The SMILES string of the molecule is O=CC=NN(Cl)c1ccc(C(F)(F)F)cc1Cl. The van der Waals surface area contributed by atoms with Crippen molar-refractivity contribution in [2.75, 3.05) is 4.53 Å². The molecule has 0 heterocycles. The number of anilines is 1. The topological polar surface area (TPSA) is 32.7 Å². The lowest BCUT2D eigenvalue weighted by Crippen LogP contribution is -2.07. The van der Waals surface area contributed by atoms with Gasteiger partial charge in [-0.15, -0.1) is 0 Å². The molecule has 0 fully saturated rings. The molecule has 0 aliphatic rings. The largest absolute Gasteiger partial charge is 0.416 e. The van der Waals surface area contributed by atoms with Gasteiger partial charge in [0.25, 0.3) is 0 Å². The highest BCUT2D eigenvalue weighted by Gasteiger charge is 2.31. The van der Waals surface area contributed by atoms with Crippen LogP contribution in [-0.4, -0.2) is 12.5 Å². The van der Waals surface area contributed by atoms with E-state index in [0.717, 1.165) is 24.4 Å². The van der Waals surface area contributed by atoms with Gasteiger partial charge in [-0.1, -0.05) is 11.6 Å². The number of nitrogens with zero attached hydrogens (tertiary/aromatic N) is 2. The maximum Gasteiger partial charge on any atom is 0.416 e. The minimum Gasteiger partial charge on any atom is -0.297 e. The van der Waals surface area contributed by atoms with Crippen LogP contribution in [0.5, 0.6) is 0 Å². The average molecular weight is 285 g/mol. The number of halogens is 5. The van der Waals surface area contributed by atoms with Crippen molar-refractivity contribution in [1.82, 2.24) is 0 Å². The standard InChI is InChI=1S/C9H5Cl2F3N2O/c10-7-5-6(9(12,13)14)1-2-8(7)16(11)15-3-4-17/h1-5H. The van der Waals surface area contributed by atoms with Crippen LogP contribution in [-0.2, 0) is 11.0 Å². The maximum absolute atomic E-state index is 12.3. The lowest BCUT2D eigenvalue weighted by atomic mass is 10.2. The highest BCUT2D eigenvalue weighted by molar-refractivity contribution is 6.36. The van der Waals surface area contributed by atoms with Gasteiger partial charge in [0.2, 0.25) is 0 Å². The Labute approximate surface area is 105 Å². The number of carbonyl (C=O) groups is 1. The molecule has 0 radical (unpaired) electrons. The summed E-state index contributed by atoms with van der Waals surface area (Å²) in [6, 6.07) is 2.59. The number of hydrogen-bond acceptors (Lipinski definition) is 3. The number of aldehydes is 1. The quantitative estimate of drug-likeness (QED) is 0.368. The molecular formula is C9H5Cl2F3N2O. The fourth-order valence-electron chi connectivity index (χ4n) is 0.981.